The van der Waals surface area contributed by atoms with E-state index in [9.17, 15) is 9.59 Å². The van der Waals surface area contributed by atoms with Crippen LogP contribution in [0.5, 0.6) is 5.75 Å². The predicted molar refractivity (Wildman–Crippen MR) is 130 cm³/mol. The Balaban J connectivity index is 1.38. The zero-order valence-corrected chi connectivity index (χ0v) is 18.9. The summed E-state index contributed by atoms with van der Waals surface area (Å²) in [5, 5.41) is 1.20. The van der Waals surface area contributed by atoms with Crippen molar-refractivity contribution >= 4 is 56.9 Å². The van der Waals surface area contributed by atoms with Gasteiger partial charge in [-0.15, -0.1) is 11.3 Å². The molecule has 5 rings (SSSR count). The molecule has 0 radical (unpaired) electrons. The lowest BCUT2D eigenvalue weighted by atomic mass is 10.1. The summed E-state index contributed by atoms with van der Waals surface area (Å²) in [4.78, 5) is 29.7. The van der Waals surface area contributed by atoms with Gasteiger partial charge >= 0.3 is 11.9 Å². The van der Waals surface area contributed by atoms with Crippen molar-refractivity contribution in [2.24, 2.45) is 4.99 Å². The number of hydrogen-bond acceptors (Lipinski definition) is 6. The molecule has 1 aromatic heterocycles. The number of hydrogen-bond donors (Lipinski definition) is 0. The number of aryl methyl sites for hydroxylation is 1. The topological polar surface area (TPSA) is 65.0 Å². The average molecular weight is 474 g/mol. The Hall–Kier alpha value is -3.74. The maximum Gasteiger partial charge on any atom is 0.363 e. The summed E-state index contributed by atoms with van der Waals surface area (Å²) in [6, 6.07) is 21.9. The van der Waals surface area contributed by atoms with Gasteiger partial charge in [-0.2, -0.15) is 0 Å². The lowest BCUT2D eigenvalue weighted by Gasteiger charge is -2.04. The molecule has 0 bridgehead atoms. The molecule has 0 saturated heterocycles. The number of carbonyl (C=O) groups excluding carboxylic acids is 2. The monoisotopic (exact) mass is 473 g/mol. The smallest absolute Gasteiger partial charge is 0.363 e. The first kappa shape index (κ1) is 21.1. The van der Waals surface area contributed by atoms with E-state index in [4.69, 9.17) is 21.1 Å². The van der Waals surface area contributed by atoms with Crippen molar-refractivity contribution in [3.63, 3.8) is 0 Å². The van der Waals surface area contributed by atoms with E-state index in [1.54, 1.807) is 30.3 Å². The Morgan fingerprint density at radius 3 is 2.64 bits per heavy atom. The first-order valence-corrected chi connectivity index (χ1v) is 11.3. The summed E-state index contributed by atoms with van der Waals surface area (Å²) >= 11 is 7.67. The Labute approximate surface area is 198 Å². The standard InChI is InChI=1S/C26H16ClNO4S/c1-15-9-11-17(12-10-15)24-28-20(25(29)32-24)14-16-5-4-6-18(13-16)31-26(30)23-22(27)19-7-2-3-8-21(19)33-23/h2-14H,1H3/b20-14+. The van der Waals surface area contributed by atoms with Crippen LogP contribution in [0.2, 0.25) is 5.02 Å². The van der Waals surface area contributed by atoms with Crippen molar-refractivity contribution in [3.05, 3.63) is 105 Å². The molecule has 5 nitrogen and oxygen atoms in total. The van der Waals surface area contributed by atoms with Gasteiger partial charge in [0.1, 0.15) is 10.6 Å². The zero-order valence-electron chi connectivity index (χ0n) is 17.4. The van der Waals surface area contributed by atoms with Crippen LogP contribution in [0.3, 0.4) is 0 Å². The number of benzene rings is 3. The van der Waals surface area contributed by atoms with Crippen LogP contribution in [-0.2, 0) is 9.53 Å². The SMILES string of the molecule is Cc1ccc(C2=N/C(=C/c3cccc(OC(=O)c4sc5ccccc5c4Cl)c3)C(=O)O2)cc1. The van der Waals surface area contributed by atoms with E-state index in [1.807, 2.05) is 55.5 Å². The fourth-order valence-corrected chi connectivity index (χ4v) is 4.74. The molecule has 0 saturated carbocycles. The van der Waals surface area contributed by atoms with Gasteiger partial charge in [-0.25, -0.2) is 14.6 Å². The lowest BCUT2D eigenvalue weighted by molar-refractivity contribution is -0.129. The summed E-state index contributed by atoms with van der Waals surface area (Å²) in [5.41, 5.74) is 2.63. The summed E-state index contributed by atoms with van der Waals surface area (Å²) < 4.78 is 11.8. The largest absolute Gasteiger partial charge is 0.422 e. The molecule has 162 valence electrons. The molecule has 0 fully saturated rings. The lowest BCUT2D eigenvalue weighted by Crippen LogP contribution is -2.07. The number of nitrogens with zero attached hydrogens (tertiary/aromatic N) is 1. The molecule has 0 aliphatic carbocycles. The number of halogens is 1. The van der Waals surface area contributed by atoms with Gasteiger partial charge in [0.05, 0.1) is 5.02 Å². The third kappa shape index (κ3) is 4.31. The van der Waals surface area contributed by atoms with Crippen LogP contribution in [0.1, 0.15) is 26.4 Å². The maximum atomic E-state index is 12.7. The van der Waals surface area contributed by atoms with E-state index in [2.05, 4.69) is 4.99 Å². The maximum absolute atomic E-state index is 12.7. The summed E-state index contributed by atoms with van der Waals surface area (Å²) in [6.07, 6.45) is 1.59. The molecule has 3 aromatic carbocycles. The molecular formula is C26H16ClNO4S. The summed E-state index contributed by atoms with van der Waals surface area (Å²) in [7, 11) is 0. The van der Waals surface area contributed by atoms with E-state index in [-0.39, 0.29) is 11.6 Å². The first-order valence-electron chi connectivity index (χ1n) is 10.1. The fraction of sp³-hybridized carbons (Fsp3) is 0.0385. The zero-order chi connectivity index (χ0) is 22.9. The normalized spacial score (nSPS) is 14.4. The van der Waals surface area contributed by atoms with Crippen LogP contribution in [0, 0.1) is 6.92 Å². The van der Waals surface area contributed by atoms with Crippen LogP contribution >= 0.6 is 22.9 Å². The van der Waals surface area contributed by atoms with Gasteiger partial charge in [0.25, 0.3) is 0 Å². The number of thiophene rings is 1. The quantitative estimate of drug-likeness (QED) is 0.195. The minimum absolute atomic E-state index is 0.168. The van der Waals surface area contributed by atoms with Crippen molar-refractivity contribution in [1.82, 2.24) is 0 Å². The highest BCUT2D eigenvalue weighted by atomic mass is 35.5. The first-order chi connectivity index (χ1) is 16.0. The minimum Gasteiger partial charge on any atom is -0.422 e. The minimum atomic E-state index is -0.537. The molecule has 1 aliphatic rings. The molecule has 0 atom stereocenters. The number of carbonyl (C=O) groups is 2. The number of esters is 2. The number of rotatable bonds is 4. The van der Waals surface area contributed by atoms with Crippen LogP contribution in [0.4, 0.5) is 0 Å². The molecule has 2 heterocycles. The van der Waals surface area contributed by atoms with Gasteiger partial charge in [-0.1, -0.05) is 59.6 Å². The van der Waals surface area contributed by atoms with Crippen molar-refractivity contribution in [3.8, 4) is 5.75 Å². The van der Waals surface area contributed by atoms with Crippen molar-refractivity contribution in [1.29, 1.82) is 0 Å². The molecule has 0 spiro atoms. The molecule has 0 amide bonds. The number of fused-ring (bicyclic) bond motifs is 1. The van der Waals surface area contributed by atoms with Gasteiger partial charge in [0, 0.05) is 15.6 Å². The predicted octanol–water partition coefficient (Wildman–Crippen LogP) is 6.43. The fourth-order valence-electron chi connectivity index (χ4n) is 3.35. The highest BCUT2D eigenvalue weighted by molar-refractivity contribution is 7.21. The summed E-state index contributed by atoms with van der Waals surface area (Å²) in [6.45, 7) is 1.98. The van der Waals surface area contributed by atoms with E-state index in [0.717, 1.165) is 21.2 Å². The molecule has 0 N–H and O–H groups in total. The Kier molecular flexibility index (Phi) is 5.54. The molecule has 7 heteroatoms. The van der Waals surface area contributed by atoms with E-state index < -0.39 is 11.9 Å². The Bertz CT molecular complexity index is 1470. The van der Waals surface area contributed by atoms with Gasteiger partial charge < -0.3 is 9.47 Å². The molecule has 4 aromatic rings. The highest BCUT2D eigenvalue weighted by Crippen LogP contribution is 2.36. The van der Waals surface area contributed by atoms with E-state index in [0.29, 0.717) is 21.2 Å². The van der Waals surface area contributed by atoms with Gasteiger partial charge in [-0.3, -0.25) is 0 Å². The van der Waals surface area contributed by atoms with Crippen LogP contribution in [0.25, 0.3) is 16.2 Å². The number of aliphatic imine (C=N–C) groups is 1. The molecule has 1 aliphatic heterocycles. The van der Waals surface area contributed by atoms with Gasteiger partial charge in [-0.05, 0) is 48.9 Å². The summed E-state index contributed by atoms with van der Waals surface area (Å²) in [5.74, 6) is -0.485. The average Bonchev–Trinajstić information content (AvgIpc) is 3.34. The highest BCUT2D eigenvalue weighted by Gasteiger charge is 2.24. The van der Waals surface area contributed by atoms with Crippen molar-refractivity contribution in [2.75, 3.05) is 0 Å². The van der Waals surface area contributed by atoms with Crippen molar-refractivity contribution < 1.29 is 19.1 Å². The molecule has 33 heavy (non-hydrogen) atoms. The van der Waals surface area contributed by atoms with Crippen LogP contribution in [-0.4, -0.2) is 17.8 Å². The second-order valence-corrected chi connectivity index (χ2v) is 8.84. The van der Waals surface area contributed by atoms with Crippen molar-refractivity contribution in [2.45, 2.75) is 6.92 Å². The Morgan fingerprint density at radius 2 is 1.85 bits per heavy atom. The van der Waals surface area contributed by atoms with Crippen LogP contribution < -0.4 is 4.74 Å². The number of ether oxygens (including phenoxy) is 2. The molecular weight excluding hydrogens is 458 g/mol. The second-order valence-electron chi connectivity index (χ2n) is 7.41. The second kappa shape index (κ2) is 8.65. The third-order valence-corrected chi connectivity index (χ3v) is 6.67. The van der Waals surface area contributed by atoms with Crippen LogP contribution in [0.15, 0.2) is 83.5 Å². The van der Waals surface area contributed by atoms with E-state index >= 15 is 0 Å². The van der Waals surface area contributed by atoms with Gasteiger partial charge in [0.2, 0.25) is 5.90 Å². The number of cyclic esters (lactones) is 1. The Morgan fingerprint density at radius 1 is 1.06 bits per heavy atom. The van der Waals surface area contributed by atoms with E-state index in [1.165, 1.54) is 11.3 Å². The van der Waals surface area contributed by atoms with Gasteiger partial charge in [0.15, 0.2) is 5.70 Å². The molecule has 0 unspecified atom stereocenters. The third-order valence-electron chi connectivity index (χ3n) is 5.01.